The minimum Gasteiger partial charge on any atom is -0.237 e. The van der Waals surface area contributed by atoms with Gasteiger partial charge in [-0.25, -0.2) is 67.2 Å². The lowest BCUT2D eigenvalue weighted by molar-refractivity contribution is 0.446. The van der Waals surface area contributed by atoms with Crippen LogP contribution in [0.5, 0.6) is 0 Å². The number of halogens is 12. The second kappa shape index (κ2) is 12.1. The number of nitrogens with zero attached hydrogens (tertiary/aromatic N) is 6. The first kappa shape index (κ1) is 33.9. The Balaban J connectivity index is 2.38. The molecule has 0 radical (unpaired) electrons. The number of hydrogen-bond donors (Lipinski definition) is 0. The molecule has 0 bridgehead atoms. The number of benzene rings is 3. The normalized spacial score (nSPS) is 14.9. The molecule has 4 rings (SSSR count). The zero-order valence-electron chi connectivity index (χ0n) is 22.2. The van der Waals surface area contributed by atoms with E-state index in [1.807, 2.05) is 0 Å². The first-order valence-corrected chi connectivity index (χ1v) is 11.8. The van der Waals surface area contributed by atoms with Gasteiger partial charge in [0.25, 0.3) is 5.69 Å². The van der Waals surface area contributed by atoms with E-state index in [1.165, 1.54) is 0 Å². The standard InChI is InChI=1S/C30F12N6/c1-46-28(14-22(37)18(33)9(6-45)19(34)23(14)38)12-10(7(4-43)11-20(35)16(31)8(5-44)17(32)21(11)36)13(12)29(47-2)15-24(39)26(41)30(48-3)27(42)25(15)40. The molecule has 0 heterocycles. The summed E-state index contributed by atoms with van der Waals surface area (Å²) in [7, 11) is 0. The van der Waals surface area contributed by atoms with Gasteiger partial charge in [-0.3, -0.25) is 0 Å². The number of hydrogen-bond acceptors (Lipinski definition) is 3. The maximum Gasteiger partial charge on any atom is 0.262 e. The SMILES string of the molecule is [C-]#[N+]C(=C1C(=C(C#N)c2c(F)c(F)c(C#N)c(F)c2F)C1=C([N+]#[C-])c1c(F)c(F)c([N+]#[C-])c(F)c1F)c1c(F)c(F)c(C#N)c(F)c1F. The first-order valence-electron chi connectivity index (χ1n) is 11.8. The van der Waals surface area contributed by atoms with Crippen LogP contribution < -0.4 is 0 Å². The van der Waals surface area contributed by atoms with Crippen LogP contribution in [0.1, 0.15) is 27.8 Å². The summed E-state index contributed by atoms with van der Waals surface area (Å²) in [5.74, 6) is -29.7. The van der Waals surface area contributed by atoms with Crippen LogP contribution in [0.2, 0.25) is 0 Å². The van der Waals surface area contributed by atoms with E-state index in [9.17, 15) is 31.6 Å². The van der Waals surface area contributed by atoms with Gasteiger partial charge in [-0.15, -0.1) is 0 Å². The molecule has 1 aliphatic carbocycles. The van der Waals surface area contributed by atoms with E-state index in [0.29, 0.717) is 0 Å². The van der Waals surface area contributed by atoms with Gasteiger partial charge in [0.1, 0.15) is 41.0 Å². The van der Waals surface area contributed by atoms with Gasteiger partial charge in [0, 0.05) is 0 Å². The molecule has 0 aromatic heterocycles. The fourth-order valence-electron chi connectivity index (χ4n) is 4.43. The quantitative estimate of drug-likeness (QED) is 0.121. The predicted molar refractivity (Wildman–Crippen MR) is 134 cm³/mol. The summed E-state index contributed by atoms with van der Waals surface area (Å²) in [5, 5.41) is 27.5. The van der Waals surface area contributed by atoms with Crippen LogP contribution in [0, 0.1) is 124 Å². The number of nitriles is 3. The summed E-state index contributed by atoms with van der Waals surface area (Å²) in [6, 6.07) is 2.52. The zero-order chi connectivity index (χ0) is 36.1. The fraction of sp³-hybridized carbons (Fsp3) is 0. The van der Waals surface area contributed by atoms with E-state index in [-0.39, 0.29) is 0 Å². The maximum atomic E-state index is 15.1. The maximum absolute atomic E-state index is 15.1. The van der Waals surface area contributed by atoms with Crippen LogP contribution >= 0.6 is 0 Å². The molecule has 1 fully saturated rings. The highest BCUT2D eigenvalue weighted by Crippen LogP contribution is 2.58. The minimum atomic E-state index is -2.52. The Morgan fingerprint density at radius 1 is 0.438 bits per heavy atom. The third-order valence-electron chi connectivity index (χ3n) is 6.57. The summed E-state index contributed by atoms with van der Waals surface area (Å²) >= 11 is 0. The van der Waals surface area contributed by atoms with Crippen molar-refractivity contribution in [2.75, 3.05) is 0 Å². The molecule has 0 atom stereocenters. The average molecular weight is 672 g/mol. The third kappa shape index (κ3) is 4.57. The van der Waals surface area contributed by atoms with Crippen molar-refractivity contribution >= 4 is 22.7 Å². The van der Waals surface area contributed by atoms with Crippen molar-refractivity contribution < 1.29 is 52.7 Å². The van der Waals surface area contributed by atoms with Crippen molar-refractivity contribution in [3.8, 4) is 18.2 Å². The van der Waals surface area contributed by atoms with Gasteiger partial charge in [0.15, 0.2) is 58.2 Å². The lowest BCUT2D eigenvalue weighted by Crippen LogP contribution is -2.06. The Kier molecular flexibility index (Phi) is 8.51. The Morgan fingerprint density at radius 3 is 1.02 bits per heavy atom. The largest absolute Gasteiger partial charge is 0.262 e. The smallest absolute Gasteiger partial charge is 0.237 e. The molecule has 0 aliphatic heterocycles. The average Bonchev–Trinajstić information content (AvgIpc) is 3.78. The Labute approximate surface area is 258 Å². The van der Waals surface area contributed by atoms with E-state index in [1.54, 1.807) is 0 Å². The van der Waals surface area contributed by atoms with Crippen molar-refractivity contribution in [1.29, 1.82) is 15.8 Å². The van der Waals surface area contributed by atoms with Crippen LogP contribution in [-0.2, 0) is 0 Å². The topological polar surface area (TPSA) is 84.4 Å². The number of rotatable bonds is 3. The molecule has 0 amide bonds. The van der Waals surface area contributed by atoms with Gasteiger partial charge in [-0.2, -0.15) is 15.8 Å². The molecule has 0 spiro atoms. The molecular weight excluding hydrogens is 672 g/mol. The lowest BCUT2D eigenvalue weighted by Gasteiger charge is -2.08. The van der Waals surface area contributed by atoms with Crippen molar-refractivity contribution in [1.82, 2.24) is 0 Å². The molecule has 1 aliphatic rings. The summed E-state index contributed by atoms with van der Waals surface area (Å²) in [4.78, 5) is 7.47. The molecule has 3 aromatic carbocycles. The van der Waals surface area contributed by atoms with Crippen LogP contribution in [0.15, 0.2) is 16.7 Å². The van der Waals surface area contributed by atoms with Gasteiger partial charge in [0.05, 0.1) is 42.0 Å². The molecule has 18 heteroatoms. The molecule has 0 saturated heterocycles. The van der Waals surface area contributed by atoms with Crippen molar-refractivity contribution in [2.24, 2.45) is 0 Å². The molecule has 234 valence electrons. The van der Waals surface area contributed by atoms with Crippen LogP contribution in [0.4, 0.5) is 58.4 Å². The molecule has 1 saturated carbocycles. The minimum absolute atomic E-state index is 0.774. The highest BCUT2D eigenvalue weighted by Gasteiger charge is 2.46. The van der Waals surface area contributed by atoms with Gasteiger partial charge in [-0.1, -0.05) is 0 Å². The van der Waals surface area contributed by atoms with Gasteiger partial charge < -0.3 is 0 Å². The number of allylic oxidation sites excluding steroid dienone is 4. The van der Waals surface area contributed by atoms with E-state index < -0.39 is 137 Å². The summed E-state index contributed by atoms with van der Waals surface area (Å²) in [6.07, 6.45) is 0. The molecule has 3 aromatic rings. The van der Waals surface area contributed by atoms with Gasteiger partial charge in [-0.05, 0) is 16.7 Å². The van der Waals surface area contributed by atoms with E-state index in [0.717, 1.165) is 18.2 Å². The van der Waals surface area contributed by atoms with E-state index in [4.69, 9.17) is 30.2 Å². The van der Waals surface area contributed by atoms with E-state index >= 15 is 26.3 Å². The highest BCUT2D eigenvalue weighted by atomic mass is 19.2. The lowest BCUT2D eigenvalue weighted by atomic mass is 10.00. The molecular formula is C30F12N6. The van der Waals surface area contributed by atoms with Crippen molar-refractivity contribution in [3.63, 3.8) is 0 Å². The third-order valence-corrected chi connectivity index (χ3v) is 6.57. The molecule has 6 nitrogen and oxygen atoms in total. The molecule has 48 heavy (non-hydrogen) atoms. The fourth-order valence-corrected chi connectivity index (χ4v) is 4.43. The van der Waals surface area contributed by atoms with Gasteiger partial charge >= 0.3 is 0 Å². The Bertz CT molecular complexity index is 2070. The molecule has 0 N–H and O–H groups in total. The summed E-state index contributed by atoms with van der Waals surface area (Å²) in [5.41, 5.74) is -21.3. The van der Waals surface area contributed by atoms with Crippen LogP contribution in [0.3, 0.4) is 0 Å². The Morgan fingerprint density at radius 2 is 0.750 bits per heavy atom. The van der Waals surface area contributed by atoms with Crippen LogP contribution in [0.25, 0.3) is 31.5 Å². The zero-order valence-corrected chi connectivity index (χ0v) is 22.2. The van der Waals surface area contributed by atoms with Gasteiger partial charge in [0.2, 0.25) is 11.4 Å². The van der Waals surface area contributed by atoms with Crippen molar-refractivity contribution in [3.05, 3.63) is 149 Å². The summed E-state index contributed by atoms with van der Waals surface area (Å²) < 4.78 is 177. The monoisotopic (exact) mass is 672 g/mol. The second-order valence-electron chi connectivity index (χ2n) is 8.86. The summed E-state index contributed by atoms with van der Waals surface area (Å²) in [6.45, 7) is 21.5. The Hall–Kier alpha value is -7.02. The predicted octanol–water partition coefficient (Wildman–Crippen LogP) is 8.60. The van der Waals surface area contributed by atoms with E-state index in [2.05, 4.69) is 14.5 Å². The second-order valence-corrected chi connectivity index (χ2v) is 8.86. The molecule has 0 unspecified atom stereocenters. The van der Waals surface area contributed by atoms with Crippen molar-refractivity contribution in [2.45, 2.75) is 0 Å². The van der Waals surface area contributed by atoms with Crippen LogP contribution in [-0.4, -0.2) is 0 Å². The highest BCUT2D eigenvalue weighted by molar-refractivity contribution is 6.10. The first-order chi connectivity index (χ1) is 22.6.